The Balaban J connectivity index is 1.95. The van der Waals surface area contributed by atoms with Crippen molar-refractivity contribution in [2.75, 3.05) is 5.73 Å². The summed E-state index contributed by atoms with van der Waals surface area (Å²) in [5.41, 5.74) is 12.1. The second kappa shape index (κ2) is 5.33. The third kappa shape index (κ3) is 1.97. The van der Waals surface area contributed by atoms with Crippen molar-refractivity contribution >= 4 is 22.6 Å². The Hall–Kier alpha value is -3.34. The minimum Gasteiger partial charge on any atom is -0.464 e. The normalized spacial score (nSPS) is 12.8. The minimum atomic E-state index is -0.218. The van der Waals surface area contributed by atoms with E-state index in [0.29, 0.717) is 22.5 Å². The Morgan fingerprint density at radius 1 is 1.15 bits per heavy atom. The molecule has 0 atom stereocenters. The molecule has 1 aromatic carbocycles. The number of furan rings is 2. The van der Waals surface area contributed by atoms with Gasteiger partial charge in [0, 0.05) is 18.1 Å². The largest absolute Gasteiger partial charge is 0.464 e. The van der Waals surface area contributed by atoms with Crippen molar-refractivity contribution in [3.05, 3.63) is 59.5 Å². The molecule has 0 radical (unpaired) electrons. The SMILES string of the molecule is CC(=O)c1oc2nc3c(c(-c4ccco4)c2c1N)CCc1ccccc1-3. The standard InChI is InChI=1S/C21H16N2O3/c1-11(24)20-18(22)17-16(15-7-4-10-25-15)14-9-8-12-5-2-3-6-13(12)19(14)23-21(17)26-20/h2-7,10H,8-9,22H2,1H3. The van der Waals surface area contributed by atoms with Gasteiger partial charge in [-0.2, -0.15) is 0 Å². The number of nitrogen functional groups attached to an aromatic ring is 1. The molecule has 4 aromatic rings. The van der Waals surface area contributed by atoms with E-state index in [2.05, 4.69) is 12.1 Å². The van der Waals surface area contributed by atoms with Crippen LogP contribution in [0.25, 0.3) is 33.7 Å². The highest BCUT2D eigenvalue weighted by Gasteiger charge is 2.28. The Kier molecular flexibility index (Phi) is 3.06. The number of pyridine rings is 1. The van der Waals surface area contributed by atoms with Crippen LogP contribution >= 0.6 is 0 Å². The summed E-state index contributed by atoms with van der Waals surface area (Å²) < 4.78 is 11.4. The van der Waals surface area contributed by atoms with Crippen molar-refractivity contribution < 1.29 is 13.6 Å². The van der Waals surface area contributed by atoms with Gasteiger partial charge in [0.2, 0.25) is 5.71 Å². The topological polar surface area (TPSA) is 82.3 Å². The molecule has 1 aliphatic rings. The predicted octanol–water partition coefficient (Wildman–Crippen LogP) is 4.64. The van der Waals surface area contributed by atoms with Gasteiger partial charge < -0.3 is 14.6 Å². The number of aryl methyl sites for hydroxylation is 1. The quantitative estimate of drug-likeness (QED) is 0.536. The van der Waals surface area contributed by atoms with Gasteiger partial charge in [0.05, 0.1) is 23.0 Å². The third-order valence-corrected chi connectivity index (χ3v) is 4.98. The predicted molar refractivity (Wildman–Crippen MR) is 99.0 cm³/mol. The lowest BCUT2D eigenvalue weighted by molar-refractivity contribution is 0.0990. The van der Waals surface area contributed by atoms with Crippen LogP contribution in [0.3, 0.4) is 0 Å². The molecule has 0 saturated heterocycles. The zero-order valence-corrected chi connectivity index (χ0v) is 14.2. The van der Waals surface area contributed by atoms with Gasteiger partial charge in [0.1, 0.15) is 5.76 Å². The molecule has 5 nitrogen and oxygen atoms in total. The maximum absolute atomic E-state index is 11.9. The van der Waals surface area contributed by atoms with Crippen LogP contribution < -0.4 is 5.73 Å². The zero-order valence-electron chi connectivity index (χ0n) is 14.2. The first kappa shape index (κ1) is 15.0. The molecular formula is C21H16N2O3. The number of carbonyl (C=O) groups is 1. The molecular weight excluding hydrogens is 328 g/mol. The van der Waals surface area contributed by atoms with E-state index in [4.69, 9.17) is 19.6 Å². The van der Waals surface area contributed by atoms with Crippen LogP contribution in [-0.4, -0.2) is 10.8 Å². The van der Waals surface area contributed by atoms with Crippen LogP contribution in [0.4, 0.5) is 5.69 Å². The van der Waals surface area contributed by atoms with Gasteiger partial charge in [-0.3, -0.25) is 4.79 Å². The fourth-order valence-electron chi connectivity index (χ4n) is 3.84. The number of hydrogen-bond acceptors (Lipinski definition) is 5. The number of carbonyl (C=O) groups excluding carboxylic acids is 1. The molecule has 0 amide bonds. The molecule has 5 heteroatoms. The highest BCUT2D eigenvalue weighted by Crippen LogP contribution is 2.44. The average Bonchev–Trinajstić information content (AvgIpc) is 3.28. The van der Waals surface area contributed by atoms with E-state index in [-0.39, 0.29) is 11.5 Å². The fourth-order valence-corrected chi connectivity index (χ4v) is 3.84. The van der Waals surface area contributed by atoms with Crippen LogP contribution in [0, 0.1) is 0 Å². The molecule has 3 heterocycles. The molecule has 0 unspecified atom stereocenters. The van der Waals surface area contributed by atoms with E-state index >= 15 is 0 Å². The van der Waals surface area contributed by atoms with E-state index in [1.165, 1.54) is 12.5 Å². The maximum atomic E-state index is 11.9. The number of anilines is 1. The van der Waals surface area contributed by atoms with Crippen molar-refractivity contribution in [2.45, 2.75) is 19.8 Å². The average molecular weight is 344 g/mol. The van der Waals surface area contributed by atoms with Gasteiger partial charge in [-0.05, 0) is 36.1 Å². The van der Waals surface area contributed by atoms with Crippen molar-refractivity contribution in [1.29, 1.82) is 0 Å². The summed E-state index contributed by atoms with van der Waals surface area (Å²) in [5.74, 6) is 0.635. The Labute approximate surface area is 149 Å². The first-order chi connectivity index (χ1) is 12.6. The number of fused-ring (bicyclic) bond motifs is 4. The summed E-state index contributed by atoms with van der Waals surface area (Å²) in [6.07, 6.45) is 3.37. The Morgan fingerprint density at radius 3 is 2.77 bits per heavy atom. The highest BCUT2D eigenvalue weighted by atomic mass is 16.4. The molecule has 1 aliphatic carbocycles. The molecule has 0 fully saturated rings. The van der Waals surface area contributed by atoms with Gasteiger partial charge in [-0.25, -0.2) is 4.98 Å². The Bertz CT molecular complexity index is 1170. The molecule has 3 aromatic heterocycles. The first-order valence-corrected chi connectivity index (χ1v) is 8.53. The second-order valence-corrected chi connectivity index (χ2v) is 6.53. The number of nitrogens with zero attached hydrogens (tertiary/aromatic N) is 1. The van der Waals surface area contributed by atoms with Crippen molar-refractivity contribution in [3.63, 3.8) is 0 Å². The lowest BCUT2D eigenvalue weighted by Crippen LogP contribution is -2.08. The minimum absolute atomic E-state index is 0.149. The molecule has 26 heavy (non-hydrogen) atoms. The number of ketones is 1. The lowest BCUT2D eigenvalue weighted by atomic mass is 9.85. The van der Waals surface area contributed by atoms with Gasteiger partial charge in [-0.15, -0.1) is 0 Å². The summed E-state index contributed by atoms with van der Waals surface area (Å²) in [7, 11) is 0. The molecule has 5 rings (SSSR count). The summed E-state index contributed by atoms with van der Waals surface area (Å²) in [6, 6.07) is 12.0. The van der Waals surface area contributed by atoms with Crippen molar-refractivity contribution in [3.8, 4) is 22.6 Å². The van der Waals surface area contributed by atoms with Crippen LogP contribution in [0.15, 0.2) is 51.5 Å². The van der Waals surface area contributed by atoms with Crippen LogP contribution in [0.2, 0.25) is 0 Å². The summed E-state index contributed by atoms with van der Waals surface area (Å²) >= 11 is 0. The number of Topliss-reactive ketones (excluding diaryl/α,β-unsaturated/α-hetero) is 1. The van der Waals surface area contributed by atoms with Crippen LogP contribution in [0.5, 0.6) is 0 Å². The van der Waals surface area contributed by atoms with Crippen molar-refractivity contribution in [2.24, 2.45) is 0 Å². The van der Waals surface area contributed by atoms with Gasteiger partial charge in [-0.1, -0.05) is 24.3 Å². The second-order valence-electron chi connectivity index (χ2n) is 6.53. The summed E-state index contributed by atoms with van der Waals surface area (Å²) in [4.78, 5) is 16.7. The number of benzene rings is 1. The van der Waals surface area contributed by atoms with Gasteiger partial charge >= 0.3 is 0 Å². The van der Waals surface area contributed by atoms with E-state index < -0.39 is 0 Å². The number of hydrogen-bond donors (Lipinski definition) is 1. The lowest BCUT2D eigenvalue weighted by Gasteiger charge is -2.21. The number of nitrogens with two attached hydrogens (primary N) is 1. The molecule has 0 aliphatic heterocycles. The molecule has 128 valence electrons. The van der Waals surface area contributed by atoms with E-state index in [1.807, 2.05) is 24.3 Å². The van der Waals surface area contributed by atoms with Crippen LogP contribution in [0.1, 0.15) is 28.6 Å². The fraction of sp³-hybridized carbons (Fsp3) is 0.143. The number of aromatic nitrogens is 1. The van der Waals surface area contributed by atoms with Gasteiger partial charge in [0.15, 0.2) is 11.5 Å². The third-order valence-electron chi connectivity index (χ3n) is 4.98. The smallest absolute Gasteiger partial charge is 0.230 e. The van der Waals surface area contributed by atoms with Gasteiger partial charge in [0.25, 0.3) is 0 Å². The van der Waals surface area contributed by atoms with E-state index in [1.54, 1.807) is 6.26 Å². The van der Waals surface area contributed by atoms with Crippen LogP contribution in [-0.2, 0) is 12.8 Å². The monoisotopic (exact) mass is 344 g/mol. The summed E-state index contributed by atoms with van der Waals surface area (Å²) in [6.45, 7) is 1.44. The molecule has 0 saturated carbocycles. The molecule has 2 N–H and O–H groups in total. The highest BCUT2D eigenvalue weighted by molar-refractivity contribution is 6.11. The zero-order chi connectivity index (χ0) is 17.8. The Morgan fingerprint density at radius 2 is 2.00 bits per heavy atom. The first-order valence-electron chi connectivity index (χ1n) is 8.53. The van der Waals surface area contributed by atoms with E-state index in [0.717, 1.165) is 35.2 Å². The molecule has 0 bridgehead atoms. The van der Waals surface area contributed by atoms with Crippen molar-refractivity contribution in [1.82, 2.24) is 4.98 Å². The summed E-state index contributed by atoms with van der Waals surface area (Å²) in [5, 5.41) is 0.656. The molecule has 0 spiro atoms. The number of rotatable bonds is 2. The van der Waals surface area contributed by atoms with E-state index in [9.17, 15) is 4.79 Å². The maximum Gasteiger partial charge on any atom is 0.230 e.